The van der Waals surface area contributed by atoms with Crippen molar-refractivity contribution >= 4 is 0 Å². The maximum Gasteiger partial charge on any atom is -0.00743 e. The van der Waals surface area contributed by atoms with E-state index in [4.69, 9.17) is 5.73 Å². The van der Waals surface area contributed by atoms with Gasteiger partial charge in [-0.1, -0.05) is 31.9 Å². The van der Waals surface area contributed by atoms with Gasteiger partial charge in [-0.25, -0.2) is 0 Å². The second-order valence-corrected chi connectivity index (χ2v) is 2.54. The molecule has 0 aromatic heterocycles. The van der Waals surface area contributed by atoms with Crippen LogP contribution in [0.2, 0.25) is 0 Å². The molecule has 0 aromatic carbocycles. The van der Waals surface area contributed by atoms with Crippen molar-refractivity contribution in [2.45, 2.75) is 39.0 Å². The highest BCUT2D eigenvalue weighted by Crippen LogP contribution is 1.96. The number of nitrogens with two attached hydrogens (primary N) is 1. The second-order valence-electron chi connectivity index (χ2n) is 2.54. The standard InChI is InChI=1S/C9H19N/c1-2-3-4-5-6-7-8-9-10/h5-6H,2-4,7-10H2,1H3. The van der Waals surface area contributed by atoms with Gasteiger partial charge in [0, 0.05) is 0 Å². The van der Waals surface area contributed by atoms with E-state index < -0.39 is 0 Å². The molecule has 0 heterocycles. The number of allylic oxidation sites excluding steroid dienone is 2. The van der Waals surface area contributed by atoms with Gasteiger partial charge >= 0.3 is 0 Å². The van der Waals surface area contributed by atoms with Crippen molar-refractivity contribution < 1.29 is 0 Å². The zero-order valence-electron chi connectivity index (χ0n) is 6.97. The van der Waals surface area contributed by atoms with E-state index in [1.807, 2.05) is 0 Å². The first-order valence-corrected chi connectivity index (χ1v) is 4.27. The Hall–Kier alpha value is -0.300. The summed E-state index contributed by atoms with van der Waals surface area (Å²) in [4.78, 5) is 0. The predicted molar refractivity (Wildman–Crippen MR) is 47.0 cm³/mol. The molecule has 0 bridgehead atoms. The molecule has 2 N–H and O–H groups in total. The summed E-state index contributed by atoms with van der Waals surface area (Å²) in [5, 5.41) is 0. The molecule has 0 radical (unpaired) electrons. The van der Waals surface area contributed by atoms with E-state index in [1.54, 1.807) is 0 Å². The monoisotopic (exact) mass is 141 g/mol. The molecule has 0 rings (SSSR count). The summed E-state index contributed by atoms with van der Waals surface area (Å²) in [5.41, 5.74) is 5.34. The highest BCUT2D eigenvalue weighted by molar-refractivity contribution is 4.81. The average Bonchev–Trinajstić information content (AvgIpc) is 1.97. The van der Waals surface area contributed by atoms with E-state index >= 15 is 0 Å². The lowest BCUT2D eigenvalue weighted by Crippen LogP contribution is -1.96. The second kappa shape index (κ2) is 8.70. The maximum atomic E-state index is 5.34. The van der Waals surface area contributed by atoms with Crippen LogP contribution in [-0.4, -0.2) is 6.54 Å². The van der Waals surface area contributed by atoms with Crippen molar-refractivity contribution in [1.29, 1.82) is 0 Å². The molecule has 0 atom stereocenters. The molecular weight excluding hydrogens is 122 g/mol. The molecular formula is C9H19N. The van der Waals surface area contributed by atoms with Gasteiger partial charge in [-0.3, -0.25) is 0 Å². The number of hydrogen-bond donors (Lipinski definition) is 1. The third-order valence-corrected chi connectivity index (χ3v) is 1.47. The van der Waals surface area contributed by atoms with Gasteiger partial charge in [0.2, 0.25) is 0 Å². The lowest BCUT2D eigenvalue weighted by molar-refractivity contribution is 0.804. The summed E-state index contributed by atoms with van der Waals surface area (Å²) in [6, 6.07) is 0. The molecule has 1 nitrogen and oxygen atoms in total. The molecule has 1 heteroatoms. The highest BCUT2D eigenvalue weighted by Gasteiger charge is 1.78. The Bertz CT molecular complexity index is 66.8. The molecule has 0 aliphatic heterocycles. The molecule has 0 fully saturated rings. The maximum absolute atomic E-state index is 5.34. The van der Waals surface area contributed by atoms with E-state index in [-0.39, 0.29) is 0 Å². The smallest absolute Gasteiger partial charge is 0.00743 e. The Morgan fingerprint density at radius 3 is 2.20 bits per heavy atom. The summed E-state index contributed by atoms with van der Waals surface area (Å²) in [5.74, 6) is 0. The highest BCUT2D eigenvalue weighted by atomic mass is 14.5. The van der Waals surface area contributed by atoms with Gasteiger partial charge in [0.25, 0.3) is 0 Å². The van der Waals surface area contributed by atoms with E-state index in [0.29, 0.717) is 0 Å². The molecule has 0 aliphatic carbocycles. The fourth-order valence-electron chi connectivity index (χ4n) is 0.793. The SMILES string of the molecule is CCCCC=CCCCN. The molecule has 0 unspecified atom stereocenters. The minimum atomic E-state index is 0.818. The number of hydrogen-bond acceptors (Lipinski definition) is 1. The van der Waals surface area contributed by atoms with Crippen LogP contribution in [0.15, 0.2) is 12.2 Å². The van der Waals surface area contributed by atoms with E-state index in [2.05, 4.69) is 19.1 Å². The first-order valence-electron chi connectivity index (χ1n) is 4.27. The van der Waals surface area contributed by atoms with Gasteiger partial charge in [-0.15, -0.1) is 0 Å². The van der Waals surface area contributed by atoms with Gasteiger partial charge < -0.3 is 5.73 Å². The molecule has 0 spiro atoms. The van der Waals surface area contributed by atoms with Gasteiger partial charge in [-0.05, 0) is 25.8 Å². The van der Waals surface area contributed by atoms with Crippen LogP contribution in [0.3, 0.4) is 0 Å². The summed E-state index contributed by atoms with van der Waals surface area (Å²) < 4.78 is 0. The van der Waals surface area contributed by atoms with Crippen LogP contribution in [-0.2, 0) is 0 Å². The Morgan fingerprint density at radius 2 is 1.70 bits per heavy atom. The molecule has 0 amide bonds. The van der Waals surface area contributed by atoms with Crippen LogP contribution in [0, 0.1) is 0 Å². The minimum Gasteiger partial charge on any atom is -0.330 e. The zero-order valence-corrected chi connectivity index (χ0v) is 6.97. The normalized spacial score (nSPS) is 11.0. The Labute approximate surface area is 64.3 Å². The van der Waals surface area contributed by atoms with Crippen LogP contribution in [0.5, 0.6) is 0 Å². The molecule has 0 saturated heterocycles. The van der Waals surface area contributed by atoms with Gasteiger partial charge in [0.15, 0.2) is 0 Å². The van der Waals surface area contributed by atoms with Crippen molar-refractivity contribution in [3.63, 3.8) is 0 Å². The number of unbranched alkanes of at least 4 members (excludes halogenated alkanes) is 3. The Morgan fingerprint density at radius 1 is 1.10 bits per heavy atom. The van der Waals surface area contributed by atoms with Gasteiger partial charge in [0.1, 0.15) is 0 Å². The van der Waals surface area contributed by atoms with Crippen molar-refractivity contribution in [3.05, 3.63) is 12.2 Å². The fourth-order valence-corrected chi connectivity index (χ4v) is 0.793. The number of rotatable bonds is 6. The van der Waals surface area contributed by atoms with Crippen molar-refractivity contribution in [2.75, 3.05) is 6.54 Å². The lowest BCUT2D eigenvalue weighted by atomic mass is 10.2. The van der Waals surface area contributed by atoms with Gasteiger partial charge in [0.05, 0.1) is 0 Å². The van der Waals surface area contributed by atoms with E-state index in [9.17, 15) is 0 Å². The first kappa shape index (κ1) is 9.70. The third-order valence-electron chi connectivity index (χ3n) is 1.47. The zero-order chi connectivity index (χ0) is 7.66. The molecule has 60 valence electrons. The summed E-state index contributed by atoms with van der Waals surface area (Å²) in [7, 11) is 0. The average molecular weight is 141 g/mol. The summed E-state index contributed by atoms with van der Waals surface area (Å²) >= 11 is 0. The van der Waals surface area contributed by atoms with Gasteiger partial charge in [-0.2, -0.15) is 0 Å². The van der Waals surface area contributed by atoms with Crippen LogP contribution >= 0.6 is 0 Å². The van der Waals surface area contributed by atoms with Crippen LogP contribution in [0.25, 0.3) is 0 Å². The first-order chi connectivity index (χ1) is 4.91. The van der Waals surface area contributed by atoms with Crippen molar-refractivity contribution in [3.8, 4) is 0 Å². The van der Waals surface area contributed by atoms with Crippen LogP contribution < -0.4 is 5.73 Å². The quantitative estimate of drug-likeness (QED) is 0.446. The third kappa shape index (κ3) is 7.70. The Kier molecular flexibility index (Phi) is 8.44. The molecule has 0 saturated carbocycles. The summed E-state index contributed by atoms with van der Waals surface area (Å²) in [6.07, 6.45) is 10.6. The largest absolute Gasteiger partial charge is 0.330 e. The van der Waals surface area contributed by atoms with Crippen molar-refractivity contribution in [2.24, 2.45) is 5.73 Å². The van der Waals surface area contributed by atoms with Crippen molar-refractivity contribution in [1.82, 2.24) is 0 Å². The minimum absolute atomic E-state index is 0.818. The lowest BCUT2D eigenvalue weighted by Gasteiger charge is -1.89. The molecule has 10 heavy (non-hydrogen) atoms. The topological polar surface area (TPSA) is 26.0 Å². The Balaban J connectivity index is 2.89. The van der Waals surface area contributed by atoms with E-state index in [1.165, 1.54) is 19.3 Å². The fraction of sp³-hybridized carbons (Fsp3) is 0.778. The van der Waals surface area contributed by atoms with Crippen LogP contribution in [0.1, 0.15) is 39.0 Å². The molecule has 0 aliphatic rings. The van der Waals surface area contributed by atoms with Crippen LogP contribution in [0.4, 0.5) is 0 Å². The predicted octanol–water partition coefficient (Wildman–Crippen LogP) is 2.47. The molecule has 0 aromatic rings. The summed E-state index contributed by atoms with van der Waals surface area (Å²) in [6.45, 7) is 3.03. The van der Waals surface area contributed by atoms with E-state index in [0.717, 1.165) is 19.4 Å².